The minimum absolute atomic E-state index is 0.00952. The van der Waals surface area contributed by atoms with Crippen LogP contribution in [0.5, 0.6) is 0 Å². The first-order valence-electron chi connectivity index (χ1n) is 6.98. The molecule has 0 bridgehead atoms. The summed E-state index contributed by atoms with van der Waals surface area (Å²) in [6, 6.07) is 7.52. The third kappa shape index (κ3) is 3.95. The molecule has 1 amide bonds. The average Bonchev–Trinajstić information content (AvgIpc) is 2.47. The molecule has 0 spiro atoms. The number of anilines is 1. The number of carbonyl (C=O) groups is 2. The summed E-state index contributed by atoms with van der Waals surface area (Å²) in [5, 5.41) is 8.76. The highest BCUT2D eigenvalue weighted by atomic mass is 16.4. The molecule has 0 unspecified atom stereocenters. The van der Waals surface area contributed by atoms with Gasteiger partial charge in [-0.3, -0.25) is 14.5 Å². The molecule has 114 valence electrons. The fraction of sp³-hybridized carbons (Fsp3) is 0.467. The minimum atomic E-state index is -0.825. The summed E-state index contributed by atoms with van der Waals surface area (Å²) in [4.78, 5) is 28.7. The SMILES string of the molecule is CN(C)c1ccc(C(=O)N2CCN(CC(=O)O)CC2)cc1. The molecule has 1 aliphatic rings. The Morgan fingerprint density at radius 2 is 1.67 bits per heavy atom. The third-order valence-electron chi connectivity index (χ3n) is 3.65. The van der Waals surface area contributed by atoms with Gasteiger partial charge in [0, 0.05) is 51.5 Å². The van der Waals surface area contributed by atoms with Crippen LogP contribution < -0.4 is 4.90 Å². The van der Waals surface area contributed by atoms with Crippen LogP contribution in [-0.2, 0) is 4.79 Å². The first-order chi connectivity index (χ1) is 9.97. The van der Waals surface area contributed by atoms with E-state index in [0.29, 0.717) is 31.7 Å². The van der Waals surface area contributed by atoms with Gasteiger partial charge < -0.3 is 14.9 Å². The van der Waals surface area contributed by atoms with E-state index in [4.69, 9.17) is 5.11 Å². The van der Waals surface area contributed by atoms with Gasteiger partial charge in [-0.2, -0.15) is 0 Å². The molecular weight excluding hydrogens is 270 g/mol. The summed E-state index contributed by atoms with van der Waals surface area (Å²) in [5.74, 6) is -0.815. The van der Waals surface area contributed by atoms with Crippen molar-refractivity contribution in [1.82, 2.24) is 9.80 Å². The number of rotatable bonds is 4. The van der Waals surface area contributed by atoms with Gasteiger partial charge in [0.2, 0.25) is 0 Å². The second kappa shape index (κ2) is 6.58. The Balaban J connectivity index is 1.94. The molecule has 1 fully saturated rings. The Morgan fingerprint density at radius 3 is 2.14 bits per heavy atom. The van der Waals surface area contributed by atoms with Crippen LogP contribution in [0.3, 0.4) is 0 Å². The summed E-state index contributed by atoms with van der Waals surface area (Å²) in [6.45, 7) is 2.39. The zero-order chi connectivity index (χ0) is 15.4. The Morgan fingerprint density at radius 1 is 1.10 bits per heavy atom. The van der Waals surface area contributed by atoms with Gasteiger partial charge in [-0.15, -0.1) is 0 Å². The molecule has 1 aromatic carbocycles. The van der Waals surface area contributed by atoms with Crippen molar-refractivity contribution in [3.05, 3.63) is 29.8 Å². The minimum Gasteiger partial charge on any atom is -0.480 e. The van der Waals surface area contributed by atoms with Gasteiger partial charge in [-0.25, -0.2) is 0 Å². The van der Waals surface area contributed by atoms with Gasteiger partial charge in [0.25, 0.3) is 5.91 Å². The van der Waals surface area contributed by atoms with Crippen LogP contribution in [0.15, 0.2) is 24.3 Å². The molecule has 0 aliphatic carbocycles. The van der Waals surface area contributed by atoms with Crippen molar-refractivity contribution >= 4 is 17.6 Å². The molecule has 0 aromatic heterocycles. The summed E-state index contributed by atoms with van der Waals surface area (Å²) in [5.41, 5.74) is 1.73. The number of aliphatic carboxylic acids is 1. The summed E-state index contributed by atoms with van der Waals surface area (Å²) in [7, 11) is 3.91. The Kier molecular flexibility index (Phi) is 4.80. The monoisotopic (exact) mass is 291 g/mol. The van der Waals surface area contributed by atoms with Crippen LogP contribution in [-0.4, -0.2) is 73.6 Å². The molecule has 6 heteroatoms. The van der Waals surface area contributed by atoms with E-state index in [0.717, 1.165) is 5.69 Å². The standard InChI is InChI=1S/C15H21N3O3/c1-16(2)13-5-3-12(4-6-13)15(21)18-9-7-17(8-10-18)11-14(19)20/h3-6H,7-11H2,1-2H3,(H,19,20). The molecule has 6 nitrogen and oxygen atoms in total. The van der Waals surface area contributed by atoms with E-state index in [1.54, 1.807) is 4.90 Å². The van der Waals surface area contributed by atoms with Gasteiger partial charge in [-0.1, -0.05) is 0 Å². The maximum absolute atomic E-state index is 12.4. The maximum atomic E-state index is 12.4. The molecule has 21 heavy (non-hydrogen) atoms. The second-order valence-corrected chi connectivity index (χ2v) is 5.40. The third-order valence-corrected chi connectivity index (χ3v) is 3.65. The number of carbonyl (C=O) groups excluding carboxylic acids is 1. The van der Waals surface area contributed by atoms with Crippen LogP contribution >= 0.6 is 0 Å². The first kappa shape index (κ1) is 15.3. The lowest BCUT2D eigenvalue weighted by molar-refractivity contribution is -0.138. The van der Waals surface area contributed by atoms with Crippen molar-refractivity contribution < 1.29 is 14.7 Å². The van der Waals surface area contributed by atoms with Crippen LogP contribution in [0, 0.1) is 0 Å². The molecule has 0 saturated carbocycles. The largest absolute Gasteiger partial charge is 0.480 e. The van der Waals surface area contributed by atoms with Crippen molar-refractivity contribution in [1.29, 1.82) is 0 Å². The number of carboxylic acids is 1. The molecule has 1 N–H and O–H groups in total. The number of hydrogen-bond acceptors (Lipinski definition) is 4. The zero-order valence-electron chi connectivity index (χ0n) is 12.5. The van der Waals surface area contributed by atoms with E-state index in [-0.39, 0.29) is 12.5 Å². The lowest BCUT2D eigenvalue weighted by Crippen LogP contribution is -2.49. The summed E-state index contributed by atoms with van der Waals surface area (Å²) < 4.78 is 0. The predicted octanol–water partition coefficient (Wildman–Crippen LogP) is 0.595. The molecule has 2 rings (SSSR count). The first-order valence-corrected chi connectivity index (χ1v) is 6.98. The van der Waals surface area contributed by atoms with Crippen LogP contribution in [0.1, 0.15) is 10.4 Å². The van der Waals surface area contributed by atoms with Crippen molar-refractivity contribution in [2.45, 2.75) is 0 Å². The number of amides is 1. The highest BCUT2D eigenvalue weighted by molar-refractivity contribution is 5.94. The Labute approximate surface area is 124 Å². The fourth-order valence-electron chi connectivity index (χ4n) is 2.39. The normalized spacial score (nSPS) is 15.8. The van der Waals surface area contributed by atoms with Crippen molar-refractivity contribution in [2.75, 3.05) is 51.7 Å². The number of hydrogen-bond donors (Lipinski definition) is 1. The molecular formula is C15H21N3O3. The lowest BCUT2D eigenvalue weighted by atomic mass is 10.1. The van der Waals surface area contributed by atoms with E-state index in [1.807, 2.05) is 48.2 Å². The smallest absolute Gasteiger partial charge is 0.317 e. The highest BCUT2D eigenvalue weighted by Gasteiger charge is 2.23. The molecule has 1 saturated heterocycles. The number of benzene rings is 1. The van der Waals surface area contributed by atoms with Gasteiger partial charge >= 0.3 is 5.97 Å². The predicted molar refractivity (Wildman–Crippen MR) is 80.7 cm³/mol. The van der Waals surface area contributed by atoms with Crippen LogP contribution in [0.4, 0.5) is 5.69 Å². The number of carboxylic acid groups (broad SMARTS) is 1. The van der Waals surface area contributed by atoms with E-state index < -0.39 is 5.97 Å². The summed E-state index contributed by atoms with van der Waals surface area (Å²) >= 11 is 0. The number of nitrogens with zero attached hydrogens (tertiary/aromatic N) is 3. The molecule has 1 aromatic rings. The zero-order valence-corrected chi connectivity index (χ0v) is 12.5. The quantitative estimate of drug-likeness (QED) is 0.880. The Bertz CT molecular complexity index is 505. The van der Waals surface area contributed by atoms with Gasteiger partial charge in [0.1, 0.15) is 0 Å². The average molecular weight is 291 g/mol. The second-order valence-electron chi connectivity index (χ2n) is 5.40. The van der Waals surface area contributed by atoms with E-state index in [2.05, 4.69) is 0 Å². The van der Waals surface area contributed by atoms with Crippen molar-refractivity contribution in [3.63, 3.8) is 0 Å². The van der Waals surface area contributed by atoms with Gasteiger partial charge in [-0.05, 0) is 24.3 Å². The fourth-order valence-corrected chi connectivity index (χ4v) is 2.39. The lowest BCUT2D eigenvalue weighted by Gasteiger charge is -2.33. The van der Waals surface area contributed by atoms with E-state index >= 15 is 0 Å². The highest BCUT2D eigenvalue weighted by Crippen LogP contribution is 2.14. The molecule has 0 atom stereocenters. The number of piperazine rings is 1. The van der Waals surface area contributed by atoms with Crippen molar-refractivity contribution in [3.8, 4) is 0 Å². The van der Waals surface area contributed by atoms with E-state index in [9.17, 15) is 9.59 Å². The topological polar surface area (TPSA) is 64.1 Å². The maximum Gasteiger partial charge on any atom is 0.317 e. The molecule has 1 heterocycles. The Hall–Kier alpha value is -2.08. The van der Waals surface area contributed by atoms with Gasteiger partial charge in [0.05, 0.1) is 6.54 Å². The van der Waals surface area contributed by atoms with Crippen molar-refractivity contribution in [2.24, 2.45) is 0 Å². The van der Waals surface area contributed by atoms with E-state index in [1.165, 1.54) is 0 Å². The molecule has 0 radical (unpaired) electrons. The van der Waals surface area contributed by atoms with Crippen LogP contribution in [0.2, 0.25) is 0 Å². The van der Waals surface area contributed by atoms with Gasteiger partial charge in [0.15, 0.2) is 0 Å². The van der Waals surface area contributed by atoms with Crippen LogP contribution in [0.25, 0.3) is 0 Å². The molecule has 1 aliphatic heterocycles. The summed E-state index contributed by atoms with van der Waals surface area (Å²) in [6.07, 6.45) is 0.